The molecule has 0 aliphatic heterocycles. The van der Waals surface area contributed by atoms with Gasteiger partial charge >= 0.3 is 5.97 Å². The lowest BCUT2D eigenvalue weighted by Crippen LogP contribution is -2.29. The van der Waals surface area contributed by atoms with Crippen LogP contribution in [0, 0.1) is 0 Å². The van der Waals surface area contributed by atoms with Gasteiger partial charge in [0.15, 0.2) is 0 Å². The quantitative estimate of drug-likeness (QED) is 0.705. The van der Waals surface area contributed by atoms with Gasteiger partial charge in [-0.1, -0.05) is 38.5 Å². The van der Waals surface area contributed by atoms with Crippen LogP contribution in [0.3, 0.4) is 0 Å². The summed E-state index contributed by atoms with van der Waals surface area (Å²) in [4.78, 5) is 11.7. The SMILES string of the molecule is CCC(=O)O[C@H]1CCCC[C@@H]1c1ccccc1OC(C)CC. The molecule has 0 radical (unpaired) electrons. The molecule has 22 heavy (non-hydrogen) atoms. The van der Waals surface area contributed by atoms with E-state index >= 15 is 0 Å². The van der Waals surface area contributed by atoms with Gasteiger partial charge < -0.3 is 9.47 Å². The zero-order valence-corrected chi connectivity index (χ0v) is 14.0. The molecule has 1 saturated carbocycles. The average Bonchev–Trinajstić information content (AvgIpc) is 2.55. The first-order chi connectivity index (χ1) is 10.7. The van der Waals surface area contributed by atoms with E-state index in [0.29, 0.717) is 6.42 Å². The molecule has 0 saturated heterocycles. The molecule has 0 N–H and O–H groups in total. The number of hydrogen-bond donors (Lipinski definition) is 0. The molecule has 0 heterocycles. The summed E-state index contributed by atoms with van der Waals surface area (Å²) in [6.07, 6.45) is 5.93. The van der Waals surface area contributed by atoms with Gasteiger partial charge in [0.25, 0.3) is 0 Å². The Bertz CT molecular complexity index is 483. The lowest BCUT2D eigenvalue weighted by molar-refractivity contribution is -0.151. The van der Waals surface area contributed by atoms with Crippen LogP contribution in [0.5, 0.6) is 5.75 Å². The summed E-state index contributed by atoms with van der Waals surface area (Å²) in [5.74, 6) is 1.10. The Morgan fingerprint density at radius 3 is 2.68 bits per heavy atom. The van der Waals surface area contributed by atoms with Gasteiger partial charge in [0.05, 0.1) is 6.10 Å². The molecule has 1 aliphatic carbocycles. The van der Waals surface area contributed by atoms with Crippen LogP contribution in [0.2, 0.25) is 0 Å². The van der Waals surface area contributed by atoms with Crippen molar-refractivity contribution in [3.63, 3.8) is 0 Å². The van der Waals surface area contributed by atoms with Crippen LogP contribution in [-0.2, 0) is 9.53 Å². The predicted octanol–water partition coefficient (Wildman–Crippen LogP) is 4.84. The maximum atomic E-state index is 11.7. The van der Waals surface area contributed by atoms with Crippen molar-refractivity contribution in [1.29, 1.82) is 0 Å². The van der Waals surface area contributed by atoms with E-state index in [9.17, 15) is 4.79 Å². The van der Waals surface area contributed by atoms with Gasteiger partial charge in [-0.25, -0.2) is 0 Å². The van der Waals surface area contributed by atoms with Crippen molar-refractivity contribution in [2.75, 3.05) is 0 Å². The Labute approximate surface area is 134 Å². The summed E-state index contributed by atoms with van der Waals surface area (Å²) in [6.45, 7) is 6.06. The zero-order valence-electron chi connectivity index (χ0n) is 14.0. The van der Waals surface area contributed by atoms with Crippen LogP contribution in [-0.4, -0.2) is 18.2 Å². The van der Waals surface area contributed by atoms with Gasteiger partial charge in [-0.2, -0.15) is 0 Å². The summed E-state index contributed by atoms with van der Waals surface area (Å²) < 4.78 is 11.8. The number of para-hydroxylation sites is 1. The minimum atomic E-state index is -0.0998. The molecule has 0 amide bonds. The highest BCUT2D eigenvalue weighted by Crippen LogP contribution is 2.39. The van der Waals surface area contributed by atoms with Gasteiger partial charge in [-0.3, -0.25) is 4.79 Å². The van der Waals surface area contributed by atoms with E-state index in [1.54, 1.807) is 0 Å². The molecule has 0 spiro atoms. The van der Waals surface area contributed by atoms with E-state index in [2.05, 4.69) is 19.9 Å². The van der Waals surface area contributed by atoms with Crippen molar-refractivity contribution >= 4 is 5.97 Å². The Kier molecular flexibility index (Phi) is 6.29. The van der Waals surface area contributed by atoms with Crippen LogP contribution in [0.15, 0.2) is 24.3 Å². The zero-order chi connectivity index (χ0) is 15.9. The molecular formula is C19H28O3. The summed E-state index contributed by atoms with van der Waals surface area (Å²) in [5, 5.41) is 0. The van der Waals surface area contributed by atoms with Crippen LogP contribution in [0.1, 0.15) is 70.8 Å². The maximum absolute atomic E-state index is 11.7. The number of rotatable bonds is 6. The van der Waals surface area contributed by atoms with Crippen LogP contribution >= 0.6 is 0 Å². The van der Waals surface area contributed by atoms with Crippen LogP contribution in [0.25, 0.3) is 0 Å². The first-order valence-electron chi connectivity index (χ1n) is 8.60. The lowest BCUT2D eigenvalue weighted by atomic mass is 9.81. The van der Waals surface area contributed by atoms with Gasteiger partial charge in [0, 0.05) is 17.9 Å². The molecule has 0 bridgehead atoms. The smallest absolute Gasteiger partial charge is 0.305 e. The average molecular weight is 304 g/mol. The fourth-order valence-electron chi connectivity index (χ4n) is 3.04. The van der Waals surface area contributed by atoms with E-state index in [1.165, 1.54) is 12.0 Å². The van der Waals surface area contributed by atoms with Crippen molar-refractivity contribution in [3.05, 3.63) is 29.8 Å². The molecule has 3 heteroatoms. The minimum Gasteiger partial charge on any atom is -0.490 e. The van der Waals surface area contributed by atoms with Crippen LogP contribution in [0.4, 0.5) is 0 Å². The number of ether oxygens (including phenoxy) is 2. The van der Waals surface area contributed by atoms with Gasteiger partial charge in [-0.15, -0.1) is 0 Å². The van der Waals surface area contributed by atoms with Crippen molar-refractivity contribution in [2.45, 2.75) is 77.4 Å². The highest BCUT2D eigenvalue weighted by Gasteiger charge is 2.31. The molecule has 1 fully saturated rings. The van der Waals surface area contributed by atoms with Crippen molar-refractivity contribution < 1.29 is 14.3 Å². The van der Waals surface area contributed by atoms with Crippen molar-refractivity contribution in [2.24, 2.45) is 0 Å². The summed E-state index contributed by atoms with van der Waals surface area (Å²) in [6, 6.07) is 8.22. The van der Waals surface area contributed by atoms with E-state index in [1.807, 2.05) is 25.1 Å². The van der Waals surface area contributed by atoms with Gasteiger partial charge in [0.1, 0.15) is 11.9 Å². The number of hydrogen-bond acceptors (Lipinski definition) is 3. The summed E-state index contributed by atoms with van der Waals surface area (Å²) >= 11 is 0. The fourth-order valence-corrected chi connectivity index (χ4v) is 3.04. The second-order valence-corrected chi connectivity index (χ2v) is 6.15. The Balaban J connectivity index is 2.21. The predicted molar refractivity (Wildman–Crippen MR) is 88.2 cm³/mol. The normalized spacial score (nSPS) is 22.9. The Morgan fingerprint density at radius 1 is 1.23 bits per heavy atom. The second-order valence-electron chi connectivity index (χ2n) is 6.15. The van der Waals surface area contributed by atoms with E-state index in [-0.39, 0.29) is 24.1 Å². The Morgan fingerprint density at radius 2 is 1.95 bits per heavy atom. The molecule has 1 aromatic carbocycles. The van der Waals surface area contributed by atoms with Crippen molar-refractivity contribution in [3.8, 4) is 5.75 Å². The minimum absolute atomic E-state index is 0.0112. The standard InChI is InChI=1S/C19H28O3/c1-4-14(3)21-17-12-8-6-10-15(17)16-11-7-9-13-18(16)22-19(20)5-2/h6,8,10,12,14,16,18H,4-5,7,9,11,13H2,1-3H3/t14?,16-,18+/m1/s1. The maximum Gasteiger partial charge on any atom is 0.305 e. The molecular weight excluding hydrogens is 276 g/mol. The second kappa shape index (κ2) is 8.21. The topological polar surface area (TPSA) is 35.5 Å². The molecule has 2 rings (SSSR count). The number of benzene rings is 1. The first-order valence-corrected chi connectivity index (χ1v) is 8.60. The lowest BCUT2D eigenvalue weighted by Gasteiger charge is -2.32. The monoisotopic (exact) mass is 304 g/mol. The third-order valence-electron chi connectivity index (χ3n) is 4.50. The van der Waals surface area contributed by atoms with E-state index in [4.69, 9.17) is 9.47 Å². The highest BCUT2D eigenvalue weighted by molar-refractivity contribution is 5.69. The number of carbonyl (C=O) groups excluding carboxylic acids is 1. The van der Waals surface area contributed by atoms with Gasteiger partial charge in [0.2, 0.25) is 0 Å². The van der Waals surface area contributed by atoms with Crippen molar-refractivity contribution in [1.82, 2.24) is 0 Å². The van der Waals surface area contributed by atoms with Crippen LogP contribution < -0.4 is 4.74 Å². The first kappa shape index (κ1) is 16.9. The van der Waals surface area contributed by atoms with E-state index < -0.39 is 0 Å². The number of esters is 1. The fraction of sp³-hybridized carbons (Fsp3) is 0.632. The van der Waals surface area contributed by atoms with Gasteiger partial charge in [-0.05, 0) is 38.7 Å². The molecule has 1 aliphatic rings. The molecule has 3 nitrogen and oxygen atoms in total. The molecule has 0 aromatic heterocycles. The molecule has 3 atom stereocenters. The van der Waals surface area contributed by atoms with E-state index in [0.717, 1.165) is 31.4 Å². The third kappa shape index (κ3) is 4.25. The summed E-state index contributed by atoms with van der Waals surface area (Å²) in [5.41, 5.74) is 1.19. The summed E-state index contributed by atoms with van der Waals surface area (Å²) in [7, 11) is 0. The largest absolute Gasteiger partial charge is 0.490 e. The molecule has 1 unspecified atom stereocenters. The number of carbonyl (C=O) groups is 1. The third-order valence-corrected chi connectivity index (χ3v) is 4.50. The Hall–Kier alpha value is -1.51. The highest BCUT2D eigenvalue weighted by atomic mass is 16.5. The molecule has 122 valence electrons. The molecule has 1 aromatic rings.